The maximum Gasteiger partial charge on any atom is 0.240 e. The summed E-state index contributed by atoms with van der Waals surface area (Å²) in [5, 5.41) is 6.32. The third-order valence-corrected chi connectivity index (χ3v) is 5.38. The summed E-state index contributed by atoms with van der Waals surface area (Å²) in [6, 6.07) is 13.1. The Bertz CT molecular complexity index is 840. The van der Waals surface area contributed by atoms with Crippen molar-refractivity contribution in [3.05, 3.63) is 58.6 Å². The molecule has 0 heterocycles. The third kappa shape index (κ3) is 3.61. The first-order valence-electron chi connectivity index (χ1n) is 8.81. The quantitative estimate of drug-likeness (QED) is 0.717. The van der Waals surface area contributed by atoms with Crippen LogP contribution in [0.1, 0.15) is 43.7 Å². The molecule has 2 amide bonds. The van der Waals surface area contributed by atoms with Crippen LogP contribution in [0.4, 0.5) is 11.4 Å². The summed E-state index contributed by atoms with van der Waals surface area (Å²) in [5.41, 5.74) is 2.35. The summed E-state index contributed by atoms with van der Waals surface area (Å²) >= 11 is 6.10. The average Bonchev–Trinajstić information content (AvgIpc) is 3.41. The van der Waals surface area contributed by atoms with Gasteiger partial charge in [-0.25, -0.2) is 0 Å². The van der Waals surface area contributed by atoms with Gasteiger partial charge < -0.3 is 10.6 Å². The first-order valence-corrected chi connectivity index (χ1v) is 9.19. The van der Waals surface area contributed by atoms with E-state index in [2.05, 4.69) is 24.5 Å². The molecule has 1 aliphatic carbocycles. The van der Waals surface area contributed by atoms with Crippen molar-refractivity contribution < 1.29 is 9.59 Å². The zero-order valence-electron chi connectivity index (χ0n) is 15.2. The molecule has 136 valence electrons. The molecule has 0 aliphatic heterocycles. The monoisotopic (exact) mass is 370 g/mol. The van der Waals surface area contributed by atoms with Crippen molar-refractivity contribution in [2.24, 2.45) is 5.41 Å². The Balaban J connectivity index is 1.70. The fraction of sp³-hybridized carbons (Fsp3) is 0.333. The molecule has 3 rings (SSSR count). The summed E-state index contributed by atoms with van der Waals surface area (Å²) in [5.74, 6) is -0.104. The van der Waals surface area contributed by atoms with Crippen LogP contribution in [0.15, 0.2) is 42.5 Å². The van der Waals surface area contributed by atoms with Gasteiger partial charge in [0.2, 0.25) is 11.8 Å². The van der Waals surface area contributed by atoms with Gasteiger partial charge in [-0.05, 0) is 61.1 Å². The minimum absolute atomic E-state index is 0.257. The minimum atomic E-state index is -0.995. The lowest BCUT2D eigenvalue weighted by atomic mass is 10.0. The smallest absolute Gasteiger partial charge is 0.240 e. The maximum atomic E-state index is 12.7. The number of hydrogen-bond acceptors (Lipinski definition) is 2. The topological polar surface area (TPSA) is 58.2 Å². The first kappa shape index (κ1) is 18.5. The van der Waals surface area contributed by atoms with E-state index in [1.807, 2.05) is 31.2 Å². The zero-order chi connectivity index (χ0) is 18.9. The van der Waals surface area contributed by atoms with Crippen molar-refractivity contribution >= 4 is 34.8 Å². The zero-order valence-corrected chi connectivity index (χ0v) is 16.0. The molecule has 2 N–H and O–H groups in total. The first-order chi connectivity index (χ1) is 12.3. The van der Waals surface area contributed by atoms with Crippen LogP contribution in [-0.4, -0.2) is 11.8 Å². The van der Waals surface area contributed by atoms with Crippen molar-refractivity contribution in [2.45, 2.75) is 39.5 Å². The number of carbonyl (C=O) groups is 2. The number of nitrogens with one attached hydrogen (secondary N) is 2. The molecule has 4 nitrogen and oxygen atoms in total. The number of hydrogen-bond donors (Lipinski definition) is 2. The number of anilines is 2. The molecular formula is C21H23ClN2O2. The van der Waals surface area contributed by atoms with E-state index in [9.17, 15) is 9.59 Å². The lowest BCUT2D eigenvalue weighted by molar-refractivity contribution is -0.131. The number of amides is 2. The third-order valence-electron chi connectivity index (χ3n) is 4.97. The van der Waals surface area contributed by atoms with E-state index in [0.29, 0.717) is 35.2 Å². The van der Waals surface area contributed by atoms with E-state index in [1.54, 1.807) is 18.2 Å². The molecule has 5 heteroatoms. The number of benzene rings is 2. The Hall–Kier alpha value is -2.33. The van der Waals surface area contributed by atoms with Crippen LogP contribution >= 0.6 is 11.6 Å². The minimum Gasteiger partial charge on any atom is -0.325 e. The standard InChI is InChI=1S/C21H23ClN2O2/c1-13(2)15-7-9-16(10-8-15)23-19(25)21(11-12-21)20(26)24-18-6-4-5-17(22)14(18)3/h4-10,13H,11-12H2,1-3H3,(H,23,25)(H,24,26). The second-order valence-electron chi connectivity index (χ2n) is 7.18. The van der Waals surface area contributed by atoms with E-state index in [-0.39, 0.29) is 11.8 Å². The van der Waals surface area contributed by atoms with Crippen LogP contribution in [-0.2, 0) is 9.59 Å². The van der Waals surface area contributed by atoms with E-state index >= 15 is 0 Å². The molecule has 0 saturated heterocycles. The molecule has 2 aromatic rings. The van der Waals surface area contributed by atoms with Crippen LogP contribution in [0.2, 0.25) is 5.02 Å². The number of halogens is 1. The van der Waals surface area contributed by atoms with Gasteiger partial charge in [-0.3, -0.25) is 9.59 Å². The highest BCUT2D eigenvalue weighted by Crippen LogP contribution is 2.47. The molecule has 0 atom stereocenters. The number of rotatable bonds is 5. The summed E-state index contributed by atoms with van der Waals surface area (Å²) in [7, 11) is 0. The van der Waals surface area contributed by atoms with Crippen molar-refractivity contribution in [3.63, 3.8) is 0 Å². The summed E-state index contributed by atoms with van der Waals surface area (Å²) in [4.78, 5) is 25.4. The highest BCUT2D eigenvalue weighted by Gasteiger charge is 2.56. The van der Waals surface area contributed by atoms with Crippen molar-refractivity contribution in [1.29, 1.82) is 0 Å². The SMILES string of the molecule is Cc1c(Cl)cccc1NC(=O)C1(C(=O)Nc2ccc(C(C)C)cc2)CC1. The normalized spacial score (nSPS) is 14.8. The average molecular weight is 371 g/mol. The summed E-state index contributed by atoms with van der Waals surface area (Å²) in [6.07, 6.45) is 1.10. The summed E-state index contributed by atoms with van der Waals surface area (Å²) in [6.45, 7) is 6.08. The van der Waals surface area contributed by atoms with Gasteiger partial charge in [0.25, 0.3) is 0 Å². The van der Waals surface area contributed by atoms with Gasteiger partial charge in [-0.2, -0.15) is 0 Å². The molecule has 0 spiro atoms. The van der Waals surface area contributed by atoms with Crippen molar-refractivity contribution in [3.8, 4) is 0 Å². The molecule has 26 heavy (non-hydrogen) atoms. The van der Waals surface area contributed by atoms with Crippen LogP contribution in [0.5, 0.6) is 0 Å². The lowest BCUT2D eigenvalue weighted by Crippen LogP contribution is -2.35. The fourth-order valence-corrected chi connectivity index (χ4v) is 3.04. The molecular weight excluding hydrogens is 348 g/mol. The predicted molar refractivity (Wildman–Crippen MR) is 106 cm³/mol. The fourth-order valence-electron chi connectivity index (χ4n) is 2.87. The van der Waals surface area contributed by atoms with E-state index in [1.165, 1.54) is 5.56 Å². The van der Waals surface area contributed by atoms with Gasteiger partial charge in [0, 0.05) is 16.4 Å². The summed E-state index contributed by atoms with van der Waals surface area (Å²) < 4.78 is 0. The molecule has 0 aromatic heterocycles. The molecule has 0 bridgehead atoms. The van der Waals surface area contributed by atoms with E-state index in [0.717, 1.165) is 5.56 Å². The van der Waals surface area contributed by atoms with Crippen LogP contribution in [0.25, 0.3) is 0 Å². The second-order valence-corrected chi connectivity index (χ2v) is 7.59. The van der Waals surface area contributed by atoms with Crippen molar-refractivity contribution in [2.75, 3.05) is 10.6 Å². The van der Waals surface area contributed by atoms with Crippen LogP contribution < -0.4 is 10.6 Å². The Kier molecular flexibility index (Phi) is 5.05. The van der Waals surface area contributed by atoms with Gasteiger partial charge in [-0.1, -0.05) is 43.6 Å². The Labute approximate surface area is 158 Å². The van der Waals surface area contributed by atoms with Gasteiger partial charge >= 0.3 is 0 Å². The molecule has 1 fully saturated rings. The van der Waals surface area contributed by atoms with Gasteiger partial charge in [-0.15, -0.1) is 0 Å². The largest absolute Gasteiger partial charge is 0.325 e. The maximum absolute atomic E-state index is 12.7. The van der Waals surface area contributed by atoms with Gasteiger partial charge in [0.15, 0.2) is 0 Å². The van der Waals surface area contributed by atoms with E-state index < -0.39 is 5.41 Å². The van der Waals surface area contributed by atoms with Gasteiger partial charge in [0.1, 0.15) is 5.41 Å². The van der Waals surface area contributed by atoms with Crippen LogP contribution in [0.3, 0.4) is 0 Å². The molecule has 0 radical (unpaired) electrons. The molecule has 0 unspecified atom stereocenters. The lowest BCUT2D eigenvalue weighted by Gasteiger charge is -2.17. The Morgan fingerprint density at radius 1 is 1.00 bits per heavy atom. The van der Waals surface area contributed by atoms with Gasteiger partial charge in [0.05, 0.1) is 0 Å². The molecule has 1 aliphatic rings. The Morgan fingerprint density at radius 2 is 1.62 bits per heavy atom. The Morgan fingerprint density at radius 3 is 2.19 bits per heavy atom. The van der Waals surface area contributed by atoms with Crippen LogP contribution in [0, 0.1) is 12.3 Å². The van der Waals surface area contributed by atoms with Crippen molar-refractivity contribution in [1.82, 2.24) is 0 Å². The van der Waals surface area contributed by atoms with E-state index in [4.69, 9.17) is 11.6 Å². The number of carbonyl (C=O) groups excluding carboxylic acids is 2. The second kappa shape index (κ2) is 7.12. The molecule has 1 saturated carbocycles. The molecule has 2 aromatic carbocycles. The highest BCUT2D eigenvalue weighted by molar-refractivity contribution is 6.31. The predicted octanol–water partition coefficient (Wildman–Crippen LogP) is 5.13. The highest BCUT2D eigenvalue weighted by atomic mass is 35.5.